The number of hydrogen-bond donors (Lipinski definition) is 0. The number of likely N-dealkylation sites (tertiary alicyclic amines) is 2. The van der Waals surface area contributed by atoms with Crippen LogP contribution in [-0.4, -0.2) is 91.7 Å². The summed E-state index contributed by atoms with van der Waals surface area (Å²) < 4.78 is 10.8. The third kappa shape index (κ3) is 5.43. The van der Waals surface area contributed by atoms with E-state index in [1.165, 1.54) is 18.2 Å². The van der Waals surface area contributed by atoms with E-state index < -0.39 is 24.0 Å². The molecule has 2 amide bonds. The van der Waals surface area contributed by atoms with E-state index in [2.05, 4.69) is 18.2 Å². The second-order valence-electron chi connectivity index (χ2n) is 9.43. The fourth-order valence-corrected chi connectivity index (χ4v) is 5.32. The summed E-state index contributed by atoms with van der Waals surface area (Å²) in [6.07, 6.45) is 5.45. The van der Waals surface area contributed by atoms with Crippen molar-refractivity contribution in [1.29, 1.82) is 0 Å². The van der Waals surface area contributed by atoms with Crippen molar-refractivity contribution in [3.05, 3.63) is 42.0 Å². The SMILES string of the molecule is COC(=O)C1CC(OC(=O)N2CCCCC2)CN(C)C1C(=O)N1CC=C(c2ccccc2)CC1. The van der Waals surface area contributed by atoms with Crippen molar-refractivity contribution < 1.29 is 23.9 Å². The molecule has 0 N–H and O–H groups in total. The second kappa shape index (κ2) is 11.0. The quantitative estimate of drug-likeness (QED) is 0.631. The number of nitrogens with zero attached hydrogens (tertiary/aromatic N) is 3. The highest BCUT2D eigenvalue weighted by Crippen LogP contribution is 2.30. The molecule has 0 spiro atoms. The topological polar surface area (TPSA) is 79.4 Å². The van der Waals surface area contributed by atoms with E-state index in [1.807, 2.05) is 35.0 Å². The van der Waals surface area contributed by atoms with Crippen LogP contribution in [0.4, 0.5) is 4.79 Å². The van der Waals surface area contributed by atoms with Gasteiger partial charge in [0.15, 0.2) is 0 Å². The van der Waals surface area contributed by atoms with E-state index >= 15 is 0 Å². The lowest BCUT2D eigenvalue weighted by Gasteiger charge is -2.43. The van der Waals surface area contributed by atoms with Gasteiger partial charge in [0.05, 0.1) is 13.0 Å². The van der Waals surface area contributed by atoms with Gasteiger partial charge in [-0.15, -0.1) is 0 Å². The summed E-state index contributed by atoms with van der Waals surface area (Å²) in [5.74, 6) is -1.21. The standard InChI is InChI=1S/C26H35N3O5/c1-27-18-21(34-26(32)29-13-7-4-8-14-29)17-22(25(31)33-2)23(27)24(30)28-15-11-20(12-16-28)19-9-5-3-6-10-19/h3,5-6,9-11,21-23H,4,7-8,12-18H2,1-2H3. The molecule has 0 saturated carbocycles. The summed E-state index contributed by atoms with van der Waals surface area (Å²) in [5.41, 5.74) is 2.41. The van der Waals surface area contributed by atoms with Gasteiger partial charge in [0, 0.05) is 39.1 Å². The van der Waals surface area contributed by atoms with Crippen LogP contribution in [0.2, 0.25) is 0 Å². The van der Waals surface area contributed by atoms with Gasteiger partial charge in [-0.3, -0.25) is 14.5 Å². The third-order valence-corrected chi connectivity index (χ3v) is 7.17. The summed E-state index contributed by atoms with van der Waals surface area (Å²) in [6.45, 7) is 2.93. The molecule has 8 heteroatoms. The molecule has 3 aliphatic heterocycles. The minimum atomic E-state index is -0.685. The predicted octanol–water partition coefficient (Wildman–Crippen LogP) is 2.79. The van der Waals surface area contributed by atoms with Gasteiger partial charge in [0.25, 0.3) is 0 Å². The molecule has 4 rings (SSSR count). The number of likely N-dealkylation sites (N-methyl/N-ethyl adjacent to an activating group) is 1. The van der Waals surface area contributed by atoms with Crippen molar-refractivity contribution >= 4 is 23.5 Å². The predicted molar refractivity (Wildman–Crippen MR) is 128 cm³/mol. The highest BCUT2D eigenvalue weighted by atomic mass is 16.6. The fraction of sp³-hybridized carbons (Fsp3) is 0.577. The van der Waals surface area contributed by atoms with Crippen molar-refractivity contribution in [3.63, 3.8) is 0 Å². The molecule has 0 bridgehead atoms. The molecule has 3 aliphatic rings. The lowest BCUT2D eigenvalue weighted by molar-refractivity contribution is -0.159. The van der Waals surface area contributed by atoms with E-state index in [4.69, 9.17) is 9.47 Å². The summed E-state index contributed by atoms with van der Waals surface area (Å²) in [6, 6.07) is 9.55. The van der Waals surface area contributed by atoms with Gasteiger partial charge in [-0.1, -0.05) is 36.4 Å². The normalized spacial score (nSPS) is 25.9. The van der Waals surface area contributed by atoms with E-state index in [0.717, 1.165) is 25.7 Å². The molecule has 3 unspecified atom stereocenters. The Balaban J connectivity index is 1.42. The fourth-order valence-electron chi connectivity index (χ4n) is 5.32. The van der Waals surface area contributed by atoms with Crippen molar-refractivity contribution in [1.82, 2.24) is 14.7 Å². The molecule has 0 aromatic heterocycles. The number of esters is 1. The Morgan fingerprint density at radius 3 is 2.35 bits per heavy atom. The Morgan fingerprint density at radius 2 is 1.71 bits per heavy atom. The van der Waals surface area contributed by atoms with Crippen LogP contribution in [0, 0.1) is 5.92 Å². The number of ether oxygens (including phenoxy) is 2. The van der Waals surface area contributed by atoms with Crippen LogP contribution < -0.4 is 0 Å². The smallest absolute Gasteiger partial charge is 0.410 e. The lowest BCUT2D eigenvalue weighted by atomic mass is 9.86. The number of piperidine rings is 2. The van der Waals surface area contributed by atoms with E-state index in [-0.39, 0.29) is 18.4 Å². The summed E-state index contributed by atoms with van der Waals surface area (Å²) in [7, 11) is 3.15. The molecule has 3 atom stereocenters. The van der Waals surface area contributed by atoms with Crippen LogP contribution in [0.15, 0.2) is 36.4 Å². The molecule has 8 nitrogen and oxygen atoms in total. The van der Waals surface area contributed by atoms with Crippen LogP contribution in [0.5, 0.6) is 0 Å². The monoisotopic (exact) mass is 469 g/mol. The molecule has 0 aliphatic carbocycles. The van der Waals surface area contributed by atoms with Gasteiger partial charge in [0.2, 0.25) is 5.91 Å². The van der Waals surface area contributed by atoms with Crippen LogP contribution in [-0.2, 0) is 19.1 Å². The third-order valence-electron chi connectivity index (χ3n) is 7.17. The Bertz CT molecular complexity index is 912. The number of carbonyl (C=O) groups excluding carboxylic acids is 3. The number of hydrogen-bond acceptors (Lipinski definition) is 6. The summed E-state index contributed by atoms with van der Waals surface area (Å²) in [5, 5.41) is 0. The van der Waals surface area contributed by atoms with Crippen LogP contribution in [0.1, 0.15) is 37.7 Å². The maximum Gasteiger partial charge on any atom is 0.410 e. The van der Waals surface area contributed by atoms with E-state index in [9.17, 15) is 14.4 Å². The van der Waals surface area contributed by atoms with E-state index in [1.54, 1.807) is 4.90 Å². The molecule has 34 heavy (non-hydrogen) atoms. The average Bonchev–Trinajstić information content (AvgIpc) is 2.88. The van der Waals surface area contributed by atoms with Crippen LogP contribution in [0.25, 0.3) is 5.57 Å². The largest absolute Gasteiger partial charge is 0.469 e. The highest BCUT2D eigenvalue weighted by molar-refractivity contribution is 5.89. The Hall–Kier alpha value is -2.87. The zero-order valence-corrected chi connectivity index (χ0v) is 20.2. The minimum Gasteiger partial charge on any atom is -0.469 e. The maximum absolute atomic E-state index is 13.5. The molecule has 184 valence electrons. The molecular formula is C26H35N3O5. The van der Waals surface area contributed by atoms with Gasteiger partial charge in [-0.25, -0.2) is 4.79 Å². The molecule has 1 aromatic rings. The molecule has 2 saturated heterocycles. The van der Waals surface area contributed by atoms with Crippen molar-refractivity contribution in [3.8, 4) is 0 Å². The molecule has 0 radical (unpaired) electrons. The first-order valence-electron chi connectivity index (χ1n) is 12.2. The first kappa shape index (κ1) is 24.3. The zero-order chi connectivity index (χ0) is 24.1. The molecule has 1 aromatic carbocycles. The summed E-state index contributed by atoms with van der Waals surface area (Å²) >= 11 is 0. The second-order valence-corrected chi connectivity index (χ2v) is 9.43. The van der Waals surface area contributed by atoms with Gasteiger partial charge in [0.1, 0.15) is 12.1 Å². The Kier molecular flexibility index (Phi) is 7.88. The number of amides is 2. The van der Waals surface area contributed by atoms with Crippen molar-refractivity contribution in [2.75, 3.05) is 46.9 Å². The maximum atomic E-state index is 13.5. The Morgan fingerprint density at radius 1 is 0.971 bits per heavy atom. The van der Waals surface area contributed by atoms with Crippen molar-refractivity contribution in [2.45, 2.75) is 44.2 Å². The number of rotatable bonds is 4. The lowest BCUT2D eigenvalue weighted by Crippen LogP contribution is -2.59. The summed E-state index contributed by atoms with van der Waals surface area (Å²) in [4.78, 5) is 44.2. The molecule has 2 fully saturated rings. The number of carbonyl (C=O) groups is 3. The van der Waals surface area contributed by atoms with Gasteiger partial charge in [-0.05, 0) is 43.9 Å². The first-order chi connectivity index (χ1) is 16.5. The number of benzene rings is 1. The average molecular weight is 470 g/mol. The highest BCUT2D eigenvalue weighted by Gasteiger charge is 2.46. The van der Waals surface area contributed by atoms with Crippen molar-refractivity contribution in [2.24, 2.45) is 5.92 Å². The first-order valence-corrected chi connectivity index (χ1v) is 12.2. The molecule has 3 heterocycles. The van der Waals surface area contributed by atoms with Gasteiger partial charge >= 0.3 is 12.1 Å². The Labute approximate surface area is 201 Å². The van der Waals surface area contributed by atoms with E-state index in [0.29, 0.717) is 32.7 Å². The van der Waals surface area contributed by atoms with Gasteiger partial charge < -0.3 is 19.3 Å². The van der Waals surface area contributed by atoms with Crippen LogP contribution in [0.3, 0.4) is 0 Å². The molecular weight excluding hydrogens is 434 g/mol. The zero-order valence-electron chi connectivity index (χ0n) is 20.2. The number of methoxy groups -OCH3 is 1. The van der Waals surface area contributed by atoms with Crippen LogP contribution >= 0.6 is 0 Å². The van der Waals surface area contributed by atoms with Gasteiger partial charge in [-0.2, -0.15) is 0 Å². The minimum absolute atomic E-state index is 0.0814.